The second-order valence-corrected chi connectivity index (χ2v) is 7.80. The maximum Gasteiger partial charge on any atom is 0.226 e. The third-order valence-electron chi connectivity index (χ3n) is 5.63. The first-order chi connectivity index (χ1) is 10.1. The van der Waals surface area contributed by atoms with Crippen molar-refractivity contribution in [3.63, 3.8) is 0 Å². The number of rotatable bonds is 6. The van der Waals surface area contributed by atoms with Gasteiger partial charge in [0.05, 0.1) is 0 Å². The average Bonchev–Trinajstić information content (AvgIpc) is 2.94. The third-order valence-corrected chi connectivity index (χ3v) is 5.63. The van der Waals surface area contributed by atoms with Crippen molar-refractivity contribution in [3.05, 3.63) is 0 Å². The van der Waals surface area contributed by atoms with Gasteiger partial charge >= 0.3 is 0 Å². The Balaban J connectivity index is 1.99. The van der Waals surface area contributed by atoms with Gasteiger partial charge in [-0.1, -0.05) is 46.0 Å². The third kappa shape index (κ3) is 4.21. The Hall–Kier alpha value is -0.570. The lowest BCUT2D eigenvalue weighted by molar-refractivity contribution is -0.133. The molecule has 1 amide bonds. The highest BCUT2D eigenvalue weighted by atomic mass is 16.2. The molecule has 2 rings (SSSR count). The molecular formula is C18H34N2O. The van der Waals surface area contributed by atoms with Crippen molar-refractivity contribution >= 4 is 5.91 Å². The number of nitrogens with two attached hydrogens (primary N) is 1. The van der Waals surface area contributed by atoms with E-state index in [1.165, 1.54) is 44.9 Å². The molecule has 2 saturated carbocycles. The lowest BCUT2D eigenvalue weighted by Gasteiger charge is -2.35. The van der Waals surface area contributed by atoms with Crippen molar-refractivity contribution in [3.8, 4) is 0 Å². The van der Waals surface area contributed by atoms with E-state index in [0.29, 0.717) is 24.3 Å². The van der Waals surface area contributed by atoms with E-state index in [1.807, 2.05) is 0 Å². The number of hydrogen-bond acceptors (Lipinski definition) is 2. The van der Waals surface area contributed by atoms with Crippen LogP contribution < -0.4 is 11.1 Å². The molecule has 2 aliphatic rings. The number of amides is 1. The van der Waals surface area contributed by atoms with E-state index in [1.54, 1.807) is 0 Å². The van der Waals surface area contributed by atoms with Gasteiger partial charge in [-0.3, -0.25) is 4.79 Å². The van der Waals surface area contributed by atoms with E-state index in [4.69, 9.17) is 5.73 Å². The summed E-state index contributed by atoms with van der Waals surface area (Å²) in [5.41, 5.74) is 5.88. The van der Waals surface area contributed by atoms with Crippen LogP contribution in [0.2, 0.25) is 0 Å². The van der Waals surface area contributed by atoms with Gasteiger partial charge < -0.3 is 11.1 Å². The Bertz CT molecular complexity index is 328. The van der Waals surface area contributed by atoms with Gasteiger partial charge in [-0.05, 0) is 43.9 Å². The van der Waals surface area contributed by atoms with Crippen molar-refractivity contribution in [2.24, 2.45) is 23.0 Å². The van der Waals surface area contributed by atoms with E-state index in [9.17, 15) is 4.79 Å². The molecule has 0 aliphatic heterocycles. The van der Waals surface area contributed by atoms with Gasteiger partial charge in [0.1, 0.15) is 0 Å². The van der Waals surface area contributed by atoms with E-state index in [2.05, 4.69) is 19.2 Å². The molecule has 0 bridgehead atoms. The fourth-order valence-electron chi connectivity index (χ4n) is 4.58. The van der Waals surface area contributed by atoms with Crippen LogP contribution in [0.3, 0.4) is 0 Å². The predicted octanol–water partition coefficient (Wildman–Crippen LogP) is 3.62. The minimum atomic E-state index is -0.101. The lowest BCUT2D eigenvalue weighted by Crippen LogP contribution is -2.51. The SMILES string of the molecule is CC(C)CC1(C(=O)NC(CN)C2CCCCC2)CCCC1. The standard InChI is InChI=1S/C18H34N2O/c1-14(2)12-18(10-6-7-11-18)17(21)20-16(13-19)15-8-4-3-5-9-15/h14-16H,3-13,19H2,1-2H3,(H,20,21). The minimum absolute atomic E-state index is 0.101. The molecule has 0 aromatic rings. The summed E-state index contributed by atoms with van der Waals surface area (Å²) >= 11 is 0. The molecule has 3 nitrogen and oxygen atoms in total. The molecule has 2 aliphatic carbocycles. The quantitative estimate of drug-likeness (QED) is 0.786. The van der Waals surface area contributed by atoms with Crippen LogP contribution in [0.1, 0.15) is 78.1 Å². The van der Waals surface area contributed by atoms with Crippen LogP contribution in [0, 0.1) is 17.3 Å². The molecular weight excluding hydrogens is 260 g/mol. The molecule has 0 heterocycles. The fourth-order valence-corrected chi connectivity index (χ4v) is 4.58. The topological polar surface area (TPSA) is 55.1 Å². The molecule has 0 radical (unpaired) electrons. The molecule has 0 aromatic heterocycles. The van der Waals surface area contributed by atoms with Gasteiger partial charge in [-0.15, -0.1) is 0 Å². The zero-order chi connectivity index (χ0) is 15.3. The molecule has 3 N–H and O–H groups in total. The number of carbonyl (C=O) groups excluding carboxylic acids is 1. The van der Waals surface area contributed by atoms with Gasteiger partial charge in [-0.2, -0.15) is 0 Å². The molecule has 3 heteroatoms. The molecule has 0 aromatic carbocycles. The van der Waals surface area contributed by atoms with Crippen LogP contribution in [0.15, 0.2) is 0 Å². The van der Waals surface area contributed by atoms with Crippen LogP contribution >= 0.6 is 0 Å². The Morgan fingerprint density at radius 2 is 1.76 bits per heavy atom. The first-order valence-corrected chi connectivity index (χ1v) is 9.08. The van der Waals surface area contributed by atoms with Gasteiger partial charge in [0.2, 0.25) is 5.91 Å². The number of hydrogen-bond donors (Lipinski definition) is 2. The largest absolute Gasteiger partial charge is 0.351 e. The van der Waals surface area contributed by atoms with E-state index >= 15 is 0 Å². The second kappa shape index (κ2) is 7.62. The van der Waals surface area contributed by atoms with Crippen molar-refractivity contribution < 1.29 is 4.79 Å². The van der Waals surface area contributed by atoms with Crippen molar-refractivity contribution in [2.45, 2.75) is 84.1 Å². The molecule has 122 valence electrons. The van der Waals surface area contributed by atoms with Gasteiger partial charge in [0.25, 0.3) is 0 Å². The minimum Gasteiger partial charge on any atom is -0.351 e. The van der Waals surface area contributed by atoms with Crippen LogP contribution in [-0.2, 0) is 4.79 Å². The highest BCUT2D eigenvalue weighted by Gasteiger charge is 2.42. The summed E-state index contributed by atoms with van der Waals surface area (Å²) < 4.78 is 0. The lowest BCUT2D eigenvalue weighted by atomic mass is 9.76. The van der Waals surface area contributed by atoms with Crippen molar-refractivity contribution in [1.29, 1.82) is 0 Å². The smallest absolute Gasteiger partial charge is 0.226 e. The zero-order valence-corrected chi connectivity index (χ0v) is 14.0. The van der Waals surface area contributed by atoms with Gasteiger partial charge in [-0.25, -0.2) is 0 Å². The van der Waals surface area contributed by atoms with Crippen molar-refractivity contribution in [1.82, 2.24) is 5.32 Å². The molecule has 0 saturated heterocycles. The van der Waals surface area contributed by atoms with Crippen LogP contribution in [0.4, 0.5) is 0 Å². The van der Waals surface area contributed by atoms with Crippen LogP contribution in [-0.4, -0.2) is 18.5 Å². The summed E-state index contributed by atoms with van der Waals surface area (Å²) in [5.74, 6) is 1.49. The predicted molar refractivity (Wildman–Crippen MR) is 87.9 cm³/mol. The first-order valence-electron chi connectivity index (χ1n) is 9.08. The Labute approximate surface area is 130 Å². The summed E-state index contributed by atoms with van der Waals surface area (Å²) in [6.45, 7) is 5.05. The number of nitrogens with one attached hydrogen (secondary N) is 1. The Kier molecular flexibility index (Phi) is 6.09. The van der Waals surface area contributed by atoms with Crippen LogP contribution in [0.25, 0.3) is 0 Å². The molecule has 21 heavy (non-hydrogen) atoms. The molecule has 0 spiro atoms. The average molecular weight is 294 g/mol. The summed E-state index contributed by atoms with van der Waals surface area (Å²) in [5, 5.41) is 3.36. The highest BCUT2D eigenvalue weighted by Crippen LogP contribution is 2.43. The monoisotopic (exact) mass is 294 g/mol. The van der Waals surface area contributed by atoms with Gasteiger partial charge in [0, 0.05) is 18.0 Å². The van der Waals surface area contributed by atoms with Crippen LogP contribution in [0.5, 0.6) is 0 Å². The van der Waals surface area contributed by atoms with E-state index < -0.39 is 0 Å². The summed E-state index contributed by atoms with van der Waals surface area (Å²) in [6, 6.07) is 0.197. The Morgan fingerprint density at radius 3 is 2.29 bits per heavy atom. The first kappa shape index (κ1) is 16.8. The zero-order valence-electron chi connectivity index (χ0n) is 14.0. The maximum absolute atomic E-state index is 12.9. The molecule has 1 atom stereocenters. The Morgan fingerprint density at radius 1 is 1.14 bits per heavy atom. The van der Waals surface area contributed by atoms with Crippen molar-refractivity contribution in [2.75, 3.05) is 6.54 Å². The summed E-state index contributed by atoms with van der Waals surface area (Å²) in [7, 11) is 0. The number of carbonyl (C=O) groups is 1. The van der Waals surface area contributed by atoms with E-state index in [0.717, 1.165) is 19.3 Å². The maximum atomic E-state index is 12.9. The summed E-state index contributed by atoms with van der Waals surface area (Å²) in [6.07, 6.45) is 12.0. The normalized spacial score (nSPS) is 24.2. The second-order valence-electron chi connectivity index (χ2n) is 7.80. The molecule has 1 unspecified atom stereocenters. The van der Waals surface area contributed by atoms with Gasteiger partial charge in [0.15, 0.2) is 0 Å². The summed E-state index contributed by atoms with van der Waals surface area (Å²) in [4.78, 5) is 12.9. The van der Waals surface area contributed by atoms with E-state index in [-0.39, 0.29) is 11.5 Å². The highest BCUT2D eigenvalue weighted by molar-refractivity contribution is 5.83. The molecule has 2 fully saturated rings. The fraction of sp³-hybridized carbons (Fsp3) is 0.944.